The van der Waals surface area contributed by atoms with Gasteiger partial charge in [0.25, 0.3) is 5.56 Å². The van der Waals surface area contributed by atoms with Crippen molar-refractivity contribution in [2.75, 3.05) is 18.6 Å². The van der Waals surface area contributed by atoms with E-state index < -0.39 is 9.84 Å². The number of aryl methyl sites for hydroxylation is 1. The second-order valence-corrected chi connectivity index (χ2v) is 10.7. The van der Waals surface area contributed by atoms with Gasteiger partial charge in [-0.25, -0.2) is 8.42 Å². The van der Waals surface area contributed by atoms with Gasteiger partial charge in [0.2, 0.25) is 0 Å². The van der Waals surface area contributed by atoms with E-state index in [9.17, 15) is 13.2 Å². The van der Waals surface area contributed by atoms with Crippen LogP contribution in [-0.2, 0) is 16.9 Å². The maximum atomic E-state index is 13.1. The van der Waals surface area contributed by atoms with Gasteiger partial charge in [-0.05, 0) is 41.2 Å². The number of hydrogen-bond donors (Lipinski definition) is 2. The van der Waals surface area contributed by atoms with E-state index in [2.05, 4.69) is 24.5 Å². The molecule has 7 heteroatoms. The van der Waals surface area contributed by atoms with Crippen LogP contribution in [0.4, 0.5) is 0 Å². The molecular formula is C21H27N3O3S. The number of hydrogen-bond acceptors (Lipinski definition) is 5. The zero-order chi connectivity index (χ0) is 20.2. The summed E-state index contributed by atoms with van der Waals surface area (Å²) in [4.78, 5) is 13.1. The third-order valence-electron chi connectivity index (χ3n) is 5.71. The summed E-state index contributed by atoms with van der Waals surface area (Å²) in [6.45, 7) is 5.22. The lowest BCUT2D eigenvalue weighted by Crippen LogP contribution is -2.44. The van der Waals surface area contributed by atoms with Gasteiger partial charge in [0.05, 0.1) is 23.1 Å². The van der Waals surface area contributed by atoms with Gasteiger partial charge in [-0.2, -0.15) is 0 Å². The minimum absolute atomic E-state index is 0.0921. The number of nitrogens with zero attached hydrogens (tertiary/aromatic N) is 1. The van der Waals surface area contributed by atoms with Crippen molar-refractivity contribution < 1.29 is 8.42 Å². The average Bonchev–Trinajstić information content (AvgIpc) is 2.95. The summed E-state index contributed by atoms with van der Waals surface area (Å²) in [7, 11) is -1.52. The van der Waals surface area contributed by atoms with Gasteiger partial charge in [0.1, 0.15) is 0 Å². The third-order valence-corrected chi connectivity index (χ3v) is 6.54. The molecule has 6 nitrogen and oxygen atoms in total. The summed E-state index contributed by atoms with van der Waals surface area (Å²) in [6.07, 6.45) is 7.92. The average molecular weight is 402 g/mol. The first-order chi connectivity index (χ1) is 13.2. The Labute approximate surface area is 166 Å². The number of fused-ring (bicyclic) bond motifs is 2. The highest BCUT2D eigenvalue weighted by atomic mass is 32.2. The fourth-order valence-corrected chi connectivity index (χ4v) is 5.41. The van der Waals surface area contributed by atoms with E-state index in [1.54, 1.807) is 17.8 Å². The van der Waals surface area contributed by atoms with E-state index in [1.165, 1.54) is 6.26 Å². The van der Waals surface area contributed by atoms with Gasteiger partial charge in [0, 0.05) is 43.7 Å². The van der Waals surface area contributed by atoms with Gasteiger partial charge in [-0.3, -0.25) is 4.79 Å². The molecule has 0 bridgehead atoms. The van der Waals surface area contributed by atoms with Crippen LogP contribution in [0.25, 0.3) is 11.3 Å². The maximum Gasteiger partial charge on any atom is 0.260 e. The summed E-state index contributed by atoms with van der Waals surface area (Å²) < 4.78 is 25.7. The summed E-state index contributed by atoms with van der Waals surface area (Å²) >= 11 is 0. The topological polar surface area (TPSA) is 80.2 Å². The monoisotopic (exact) mass is 401 g/mol. The standard InChI is InChI=1S/C21H27N3O3S/c1-12(2)7-14-10-23-20-17-13(9-22-19(14)17)8-15(11-28(4,26)27)16-5-6-24(3)21(25)18(16)20/h5-6,8-9,12,14,19,22-23H,7,10-11H2,1-4H3. The lowest BCUT2D eigenvalue weighted by molar-refractivity contribution is 0.341. The Balaban J connectivity index is 1.94. The fourth-order valence-electron chi connectivity index (χ4n) is 4.61. The molecule has 0 spiro atoms. The molecule has 28 heavy (non-hydrogen) atoms. The first kappa shape index (κ1) is 19.1. The molecule has 0 amide bonds. The molecule has 1 aromatic heterocycles. The van der Waals surface area contributed by atoms with Crippen molar-refractivity contribution in [3.8, 4) is 0 Å². The highest BCUT2D eigenvalue weighted by molar-refractivity contribution is 7.91. The molecule has 150 valence electrons. The first-order valence-corrected chi connectivity index (χ1v) is 11.7. The number of pyridine rings is 1. The van der Waals surface area contributed by atoms with Gasteiger partial charge in [-0.15, -0.1) is 0 Å². The molecule has 3 aliphatic rings. The summed E-state index contributed by atoms with van der Waals surface area (Å²) in [5.74, 6) is 0.890. The zero-order valence-electron chi connectivity index (χ0n) is 16.7. The number of sulfone groups is 1. The molecular weight excluding hydrogens is 374 g/mol. The molecule has 2 aliphatic heterocycles. The van der Waals surface area contributed by atoms with Crippen molar-refractivity contribution in [3.63, 3.8) is 0 Å². The van der Waals surface area contributed by atoms with Crippen molar-refractivity contribution in [1.29, 1.82) is 0 Å². The Hall–Kier alpha value is -2.28. The second-order valence-electron chi connectivity index (χ2n) is 8.56. The van der Waals surface area contributed by atoms with Crippen LogP contribution >= 0.6 is 0 Å². The highest BCUT2D eigenvalue weighted by Crippen LogP contribution is 2.41. The summed E-state index contributed by atoms with van der Waals surface area (Å²) in [6, 6.07) is 1.99. The molecule has 0 aromatic carbocycles. The summed E-state index contributed by atoms with van der Waals surface area (Å²) in [5.41, 5.74) is 4.75. The predicted molar refractivity (Wildman–Crippen MR) is 112 cm³/mol. The van der Waals surface area contributed by atoms with Crippen molar-refractivity contribution in [1.82, 2.24) is 15.2 Å². The Bertz CT molecular complexity index is 1090. The predicted octanol–water partition coefficient (Wildman–Crippen LogP) is 1.66. The number of allylic oxidation sites excluding steroid dienone is 1. The number of rotatable bonds is 4. The molecule has 0 fully saturated rings. The minimum atomic E-state index is -3.25. The number of aromatic nitrogens is 1. The van der Waals surface area contributed by atoms with Crippen molar-refractivity contribution in [3.05, 3.63) is 57.2 Å². The van der Waals surface area contributed by atoms with Crippen LogP contribution in [0.2, 0.25) is 0 Å². The highest BCUT2D eigenvalue weighted by Gasteiger charge is 2.39. The molecule has 4 rings (SSSR count). The SMILES string of the molecule is CC(C)CC1CNC2=C3C(=CNC31)C=C(CS(C)(=O)=O)c1ccn(C)c(=O)c12. The van der Waals surface area contributed by atoms with Crippen LogP contribution < -0.4 is 16.2 Å². The van der Waals surface area contributed by atoms with E-state index in [1.807, 2.05) is 18.3 Å². The van der Waals surface area contributed by atoms with Crippen LogP contribution in [0.15, 0.2) is 40.5 Å². The van der Waals surface area contributed by atoms with E-state index in [-0.39, 0.29) is 17.4 Å². The van der Waals surface area contributed by atoms with Crippen LogP contribution in [-0.4, -0.2) is 37.6 Å². The molecule has 1 aromatic rings. The molecule has 1 aliphatic carbocycles. The van der Waals surface area contributed by atoms with Gasteiger partial charge in [-0.1, -0.05) is 13.8 Å². The maximum absolute atomic E-state index is 13.1. The minimum Gasteiger partial charge on any atom is -0.384 e. The Morgan fingerprint density at radius 2 is 2.07 bits per heavy atom. The lowest BCUT2D eigenvalue weighted by atomic mass is 9.81. The van der Waals surface area contributed by atoms with E-state index in [4.69, 9.17) is 0 Å². The first-order valence-electron chi connectivity index (χ1n) is 9.69. The number of nitrogens with one attached hydrogen (secondary N) is 2. The Kier molecular flexibility index (Phi) is 4.53. The zero-order valence-corrected chi connectivity index (χ0v) is 17.6. The van der Waals surface area contributed by atoms with Crippen LogP contribution in [0.5, 0.6) is 0 Å². The van der Waals surface area contributed by atoms with E-state index in [0.29, 0.717) is 28.5 Å². The second kappa shape index (κ2) is 6.65. The van der Waals surface area contributed by atoms with Gasteiger partial charge >= 0.3 is 0 Å². The largest absolute Gasteiger partial charge is 0.384 e. The molecule has 3 heterocycles. The van der Waals surface area contributed by atoms with Crippen molar-refractivity contribution in [2.45, 2.75) is 26.3 Å². The normalized spacial score (nSPS) is 23.3. The molecule has 2 atom stereocenters. The van der Waals surface area contributed by atoms with Crippen LogP contribution in [0.3, 0.4) is 0 Å². The van der Waals surface area contributed by atoms with Crippen LogP contribution in [0.1, 0.15) is 31.4 Å². The molecule has 2 N–H and O–H groups in total. The van der Waals surface area contributed by atoms with E-state index in [0.717, 1.165) is 29.8 Å². The fraction of sp³-hybridized carbons (Fsp3) is 0.476. The molecule has 0 radical (unpaired) electrons. The van der Waals surface area contributed by atoms with Crippen molar-refractivity contribution >= 4 is 21.1 Å². The van der Waals surface area contributed by atoms with Gasteiger partial charge in [0.15, 0.2) is 9.84 Å². The Morgan fingerprint density at radius 1 is 1.32 bits per heavy atom. The summed E-state index contributed by atoms with van der Waals surface area (Å²) in [5, 5.41) is 7.03. The molecule has 2 unspecified atom stereocenters. The molecule has 0 saturated heterocycles. The van der Waals surface area contributed by atoms with Crippen molar-refractivity contribution in [2.24, 2.45) is 18.9 Å². The quantitative estimate of drug-likeness (QED) is 0.802. The lowest BCUT2D eigenvalue weighted by Gasteiger charge is -2.34. The van der Waals surface area contributed by atoms with Gasteiger partial charge < -0.3 is 15.2 Å². The van der Waals surface area contributed by atoms with Crippen LogP contribution in [0, 0.1) is 11.8 Å². The smallest absolute Gasteiger partial charge is 0.260 e. The molecule has 0 saturated carbocycles. The third kappa shape index (κ3) is 3.21. The Morgan fingerprint density at radius 3 is 2.75 bits per heavy atom. The van der Waals surface area contributed by atoms with E-state index >= 15 is 0 Å².